The number of anilines is 1. The van der Waals surface area contributed by atoms with Gasteiger partial charge in [0.15, 0.2) is 11.3 Å². The van der Waals surface area contributed by atoms with E-state index in [2.05, 4.69) is 30.9 Å². The molecule has 8 nitrogen and oxygen atoms in total. The highest BCUT2D eigenvalue weighted by Crippen LogP contribution is 2.52. The third-order valence-corrected chi connectivity index (χ3v) is 8.20. The number of rotatable bonds is 6. The average molecular weight is 535 g/mol. The van der Waals surface area contributed by atoms with Gasteiger partial charge in [-0.15, -0.1) is 0 Å². The molecule has 8 heteroatoms. The van der Waals surface area contributed by atoms with Gasteiger partial charge in [-0.05, 0) is 73.9 Å². The van der Waals surface area contributed by atoms with Crippen LogP contribution in [0, 0.1) is 22.7 Å². The molecule has 1 saturated carbocycles. The first-order valence-electron chi connectivity index (χ1n) is 14.1. The summed E-state index contributed by atoms with van der Waals surface area (Å²) in [4.78, 5) is 24.9. The number of fused-ring (bicyclic) bond motifs is 1. The van der Waals surface area contributed by atoms with Crippen molar-refractivity contribution >= 4 is 22.8 Å². The largest absolute Gasteiger partial charge is 0.461 e. The highest BCUT2D eigenvalue weighted by atomic mass is 16.5. The summed E-state index contributed by atoms with van der Waals surface area (Å²) in [6.45, 7) is 8.29. The van der Waals surface area contributed by atoms with Crippen LogP contribution in [0.1, 0.15) is 68.6 Å². The normalized spacial score (nSPS) is 17.4. The second-order valence-corrected chi connectivity index (χ2v) is 11.7. The molecule has 4 aromatic rings. The molecule has 2 fully saturated rings. The van der Waals surface area contributed by atoms with E-state index in [1.54, 1.807) is 6.92 Å². The molecule has 204 valence electrons. The number of nitrogens with zero attached hydrogens (tertiary/aromatic N) is 6. The number of carbonyl (C=O) groups excluding carboxylic acids is 1. The van der Waals surface area contributed by atoms with Crippen molar-refractivity contribution in [1.82, 2.24) is 19.7 Å². The van der Waals surface area contributed by atoms with Crippen LogP contribution in [-0.4, -0.2) is 45.4 Å². The lowest BCUT2D eigenvalue weighted by Gasteiger charge is -2.42. The molecule has 6 rings (SSSR count). The van der Waals surface area contributed by atoms with Crippen LogP contribution >= 0.6 is 0 Å². The Morgan fingerprint density at radius 2 is 1.88 bits per heavy atom. The van der Waals surface area contributed by atoms with Crippen LogP contribution in [0.4, 0.5) is 5.82 Å². The predicted molar refractivity (Wildman–Crippen MR) is 154 cm³/mol. The number of nitriles is 1. The van der Waals surface area contributed by atoms with Crippen molar-refractivity contribution < 1.29 is 9.53 Å². The van der Waals surface area contributed by atoms with Gasteiger partial charge < -0.3 is 9.64 Å². The lowest BCUT2D eigenvalue weighted by molar-refractivity contribution is 0.0520. The first-order chi connectivity index (χ1) is 19.4. The van der Waals surface area contributed by atoms with E-state index in [1.165, 1.54) is 0 Å². The van der Waals surface area contributed by atoms with E-state index in [-0.39, 0.29) is 23.6 Å². The second kappa shape index (κ2) is 10.4. The standard InChI is InChI=1S/C32H34N6O2/c1-4-40-31(39)26-16-25(22-10-11-27(34-20-22)37-14-12-21(19-33)13-15-37)28-29(23-17-32(2,3)18-23)36-38(30(28)35-26)24-8-6-5-7-9-24/h5-11,16,20-21,23H,4,12-15,17-18H2,1-3H3. The SMILES string of the molecule is CCOC(=O)c1cc(-c2ccc(N3CCC(C#N)CC3)nc2)c2c(C3CC(C)(C)C3)nn(-c3ccccc3)c2n1. The fourth-order valence-electron chi connectivity index (χ4n) is 6.15. The van der Waals surface area contributed by atoms with Gasteiger partial charge >= 0.3 is 5.97 Å². The zero-order valence-corrected chi connectivity index (χ0v) is 23.3. The van der Waals surface area contributed by atoms with Crippen LogP contribution in [-0.2, 0) is 4.74 Å². The summed E-state index contributed by atoms with van der Waals surface area (Å²) in [7, 11) is 0. The molecule has 1 aliphatic heterocycles. The number of esters is 1. The Bertz CT molecular complexity index is 1570. The van der Waals surface area contributed by atoms with E-state index < -0.39 is 5.97 Å². The summed E-state index contributed by atoms with van der Waals surface area (Å²) in [6, 6.07) is 18.3. The van der Waals surface area contributed by atoms with Crippen LogP contribution in [0.2, 0.25) is 0 Å². The van der Waals surface area contributed by atoms with Crippen LogP contribution in [0.15, 0.2) is 54.7 Å². The maximum atomic E-state index is 13.0. The van der Waals surface area contributed by atoms with E-state index in [0.29, 0.717) is 11.6 Å². The summed E-state index contributed by atoms with van der Waals surface area (Å²) >= 11 is 0. The van der Waals surface area contributed by atoms with Gasteiger partial charge in [0.1, 0.15) is 5.82 Å². The molecule has 4 heterocycles. The molecule has 3 aromatic heterocycles. The van der Waals surface area contributed by atoms with E-state index in [1.807, 2.05) is 53.3 Å². The molecule has 0 amide bonds. The highest BCUT2D eigenvalue weighted by molar-refractivity contribution is 6.00. The Hall–Kier alpha value is -4.25. The smallest absolute Gasteiger partial charge is 0.357 e. The number of hydrogen-bond donors (Lipinski definition) is 0. The Balaban J connectivity index is 1.49. The molecule has 0 atom stereocenters. The van der Waals surface area contributed by atoms with Gasteiger partial charge in [-0.2, -0.15) is 10.4 Å². The van der Waals surface area contributed by atoms with Crippen LogP contribution < -0.4 is 4.90 Å². The molecule has 1 aliphatic carbocycles. The quantitative estimate of drug-likeness (QED) is 0.268. The lowest BCUT2D eigenvalue weighted by Crippen LogP contribution is -2.33. The van der Waals surface area contributed by atoms with Gasteiger partial charge in [0, 0.05) is 36.7 Å². The summed E-state index contributed by atoms with van der Waals surface area (Å²) in [5.41, 5.74) is 4.87. The first-order valence-corrected chi connectivity index (χ1v) is 14.1. The van der Waals surface area contributed by atoms with E-state index in [9.17, 15) is 10.1 Å². The molecule has 1 saturated heterocycles. The summed E-state index contributed by atoms with van der Waals surface area (Å²) in [5, 5.41) is 15.3. The minimum Gasteiger partial charge on any atom is -0.461 e. The van der Waals surface area contributed by atoms with Crippen molar-refractivity contribution in [3.63, 3.8) is 0 Å². The van der Waals surface area contributed by atoms with E-state index >= 15 is 0 Å². The van der Waals surface area contributed by atoms with Gasteiger partial charge in [0.05, 0.1) is 29.4 Å². The first kappa shape index (κ1) is 26.0. The maximum absolute atomic E-state index is 13.0. The third-order valence-electron chi connectivity index (χ3n) is 8.20. The van der Waals surface area contributed by atoms with Crippen molar-refractivity contribution in [2.24, 2.45) is 11.3 Å². The minimum absolute atomic E-state index is 0.123. The van der Waals surface area contributed by atoms with E-state index in [4.69, 9.17) is 19.8 Å². The molecule has 2 aliphatic rings. The topological polar surface area (TPSA) is 96.9 Å². The highest BCUT2D eigenvalue weighted by Gasteiger charge is 2.40. The average Bonchev–Trinajstić information content (AvgIpc) is 3.35. The fraction of sp³-hybridized carbons (Fsp3) is 0.406. The fourth-order valence-corrected chi connectivity index (χ4v) is 6.15. The summed E-state index contributed by atoms with van der Waals surface area (Å²) in [5.74, 6) is 0.878. The van der Waals surface area contributed by atoms with Crippen LogP contribution in [0.3, 0.4) is 0 Å². The van der Waals surface area contributed by atoms with Crippen molar-refractivity contribution in [2.45, 2.75) is 52.4 Å². The molecule has 0 spiro atoms. The van der Waals surface area contributed by atoms with Crippen molar-refractivity contribution in [2.75, 3.05) is 24.6 Å². The molecular formula is C32H34N6O2. The molecule has 40 heavy (non-hydrogen) atoms. The zero-order valence-electron chi connectivity index (χ0n) is 23.3. The summed E-state index contributed by atoms with van der Waals surface area (Å²) < 4.78 is 7.23. The number of aromatic nitrogens is 4. The monoisotopic (exact) mass is 534 g/mol. The van der Waals surface area contributed by atoms with Gasteiger partial charge in [-0.3, -0.25) is 0 Å². The lowest BCUT2D eigenvalue weighted by atomic mass is 9.63. The zero-order chi connectivity index (χ0) is 27.9. The number of pyridine rings is 2. The van der Waals surface area contributed by atoms with Gasteiger partial charge in [0.25, 0.3) is 0 Å². The maximum Gasteiger partial charge on any atom is 0.357 e. The van der Waals surface area contributed by atoms with Crippen molar-refractivity contribution in [1.29, 1.82) is 5.26 Å². The Morgan fingerprint density at radius 1 is 1.12 bits per heavy atom. The molecular weight excluding hydrogens is 500 g/mol. The minimum atomic E-state index is -0.456. The van der Waals surface area contributed by atoms with Crippen LogP contribution in [0.25, 0.3) is 27.8 Å². The van der Waals surface area contributed by atoms with Gasteiger partial charge in [-0.1, -0.05) is 32.0 Å². The number of benzene rings is 1. The van der Waals surface area contributed by atoms with Gasteiger partial charge in [0.2, 0.25) is 0 Å². The second-order valence-electron chi connectivity index (χ2n) is 11.7. The molecule has 0 unspecified atom stereocenters. The predicted octanol–water partition coefficient (Wildman–Crippen LogP) is 6.30. The number of piperidine rings is 1. The number of hydrogen-bond acceptors (Lipinski definition) is 7. The number of carbonyl (C=O) groups is 1. The molecule has 0 N–H and O–H groups in total. The number of para-hydroxylation sites is 1. The Morgan fingerprint density at radius 3 is 2.50 bits per heavy atom. The summed E-state index contributed by atoms with van der Waals surface area (Å²) in [6.07, 6.45) is 5.68. The Kier molecular flexibility index (Phi) is 6.75. The molecule has 0 radical (unpaired) electrons. The van der Waals surface area contributed by atoms with Crippen molar-refractivity contribution in [3.8, 4) is 22.9 Å². The third kappa shape index (κ3) is 4.81. The Labute approximate surface area is 234 Å². The number of ether oxygens (including phenoxy) is 1. The van der Waals surface area contributed by atoms with E-state index in [0.717, 1.165) is 72.5 Å². The van der Waals surface area contributed by atoms with Crippen LogP contribution in [0.5, 0.6) is 0 Å². The van der Waals surface area contributed by atoms with Gasteiger partial charge in [-0.25, -0.2) is 19.4 Å². The van der Waals surface area contributed by atoms with Crippen molar-refractivity contribution in [3.05, 3.63) is 66.1 Å². The molecule has 0 bridgehead atoms. The molecule has 1 aromatic carbocycles.